The minimum absolute atomic E-state index is 0. The number of benzene rings is 1. The van der Waals surface area contributed by atoms with Crippen LogP contribution in [0.15, 0.2) is 29.2 Å². The van der Waals surface area contributed by atoms with E-state index in [-0.39, 0.29) is 29.3 Å². The molecule has 1 aliphatic heterocycles. The molecule has 1 aliphatic rings. The van der Waals surface area contributed by atoms with Crippen LogP contribution < -0.4 is 11.5 Å². The van der Waals surface area contributed by atoms with Crippen molar-refractivity contribution in [3.63, 3.8) is 0 Å². The lowest BCUT2D eigenvalue weighted by atomic mass is 10.1. The number of primary amides is 1. The molecule has 2 atom stereocenters. The van der Waals surface area contributed by atoms with E-state index in [0.717, 1.165) is 6.42 Å². The van der Waals surface area contributed by atoms with E-state index in [0.29, 0.717) is 18.7 Å². The van der Waals surface area contributed by atoms with E-state index in [1.165, 1.54) is 28.6 Å². The summed E-state index contributed by atoms with van der Waals surface area (Å²) in [4.78, 5) is 11.2. The molecule has 0 aromatic heterocycles. The summed E-state index contributed by atoms with van der Waals surface area (Å²) in [6, 6.07) is 5.62. The topological polar surface area (TPSA) is 106 Å². The summed E-state index contributed by atoms with van der Waals surface area (Å²) in [7, 11) is -3.55. The van der Waals surface area contributed by atoms with Crippen molar-refractivity contribution in [2.45, 2.75) is 24.3 Å². The zero-order chi connectivity index (χ0) is 14.9. The molecular formula is C13H20ClN3O3S. The molecule has 1 heterocycles. The van der Waals surface area contributed by atoms with Gasteiger partial charge in [-0.1, -0.05) is 0 Å². The Labute approximate surface area is 130 Å². The maximum absolute atomic E-state index is 12.6. The molecule has 0 spiro atoms. The summed E-state index contributed by atoms with van der Waals surface area (Å²) in [5, 5.41) is 0. The smallest absolute Gasteiger partial charge is 0.248 e. The number of nitrogens with zero attached hydrogens (tertiary/aromatic N) is 1. The molecule has 118 valence electrons. The molecule has 1 fully saturated rings. The van der Waals surface area contributed by atoms with Gasteiger partial charge < -0.3 is 11.5 Å². The Morgan fingerprint density at radius 2 is 1.90 bits per heavy atom. The molecule has 2 unspecified atom stereocenters. The highest BCUT2D eigenvalue weighted by atomic mass is 35.5. The Morgan fingerprint density at radius 3 is 2.33 bits per heavy atom. The first kappa shape index (κ1) is 17.9. The lowest BCUT2D eigenvalue weighted by Gasteiger charge is -2.21. The molecule has 8 heteroatoms. The lowest BCUT2D eigenvalue weighted by Crippen LogP contribution is -2.34. The summed E-state index contributed by atoms with van der Waals surface area (Å²) in [5.74, 6) is -0.378. The van der Waals surface area contributed by atoms with Crippen LogP contribution in [0.3, 0.4) is 0 Å². The van der Waals surface area contributed by atoms with E-state index in [1.807, 2.05) is 6.92 Å². The SMILES string of the molecule is CC1CC(CN)CN1S(=O)(=O)c1ccc(C(N)=O)cc1.Cl. The second kappa shape index (κ2) is 6.74. The monoisotopic (exact) mass is 333 g/mol. The van der Waals surface area contributed by atoms with Gasteiger partial charge in [0.2, 0.25) is 15.9 Å². The van der Waals surface area contributed by atoms with E-state index >= 15 is 0 Å². The number of sulfonamides is 1. The summed E-state index contributed by atoms with van der Waals surface area (Å²) < 4.78 is 26.6. The van der Waals surface area contributed by atoms with Gasteiger partial charge in [-0.2, -0.15) is 4.31 Å². The van der Waals surface area contributed by atoms with Crippen molar-refractivity contribution in [3.05, 3.63) is 29.8 Å². The number of hydrogen-bond donors (Lipinski definition) is 2. The molecule has 0 radical (unpaired) electrons. The Balaban J connectivity index is 0.00000220. The van der Waals surface area contributed by atoms with E-state index in [9.17, 15) is 13.2 Å². The zero-order valence-electron chi connectivity index (χ0n) is 11.7. The standard InChI is InChI=1S/C13H19N3O3S.ClH/c1-9-6-10(7-14)8-16(9)20(18,19)12-4-2-11(3-5-12)13(15)17;/h2-5,9-10H,6-8,14H2,1H3,(H2,15,17);1H. The third kappa shape index (κ3) is 3.55. The average Bonchev–Trinajstić information content (AvgIpc) is 2.81. The Morgan fingerprint density at radius 1 is 1.33 bits per heavy atom. The van der Waals surface area contributed by atoms with Gasteiger partial charge >= 0.3 is 0 Å². The second-order valence-corrected chi connectivity index (χ2v) is 7.04. The van der Waals surface area contributed by atoms with Crippen molar-refractivity contribution in [1.82, 2.24) is 4.31 Å². The fraction of sp³-hybridized carbons (Fsp3) is 0.462. The molecule has 6 nitrogen and oxygen atoms in total. The van der Waals surface area contributed by atoms with Crippen molar-refractivity contribution in [1.29, 1.82) is 0 Å². The molecule has 0 saturated carbocycles. The lowest BCUT2D eigenvalue weighted by molar-refractivity contribution is 0.1000. The highest BCUT2D eigenvalue weighted by molar-refractivity contribution is 7.89. The molecular weight excluding hydrogens is 314 g/mol. The molecule has 1 aromatic rings. The van der Waals surface area contributed by atoms with Gasteiger partial charge in [-0.15, -0.1) is 12.4 Å². The first-order valence-electron chi connectivity index (χ1n) is 6.48. The van der Waals surface area contributed by atoms with E-state index in [2.05, 4.69) is 0 Å². The third-order valence-corrected chi connectivity index (χ3v) is 5.68. The van der Waals surface area contributed by atoms with Crippen LogP contribution in [-0.4, -0.2) is 37.8 Å². The van der Waals surface area contributed by atoms with Gasteiger partial charge in [-0.3, -0.25) is 4.79 Å². The van der Waals surface area contributed by atoms with Gasteiger partial charge in [-0.05, 0) is 50.1 Å². The molecule has 1 aromatic carbocycles. The van der Waals surface area contributed by atoms with Crippen LogP contribution in [0.1, 0.15) is 23.7 Å². The van der Waals surface area contributed by atoms with E-state index in [4.69, 9.17) is 11.5 Å². The van der Waals surface area contributed by atoms with Gasteiger partial charge in [-0.25, -0.2) is 8.42 Å². The maximum atomic E-state index is 12.6. The van der Waals surface area contributed by atoms with Gasteiger partial charge in [0.25, 0.3) is 0 Å². The fourth-order valence-corrected chi connectivity index (χ4v) is 4.26. The van der Waals surface area contributed by atoms with Gasteiger partial charge in [0.1, 0.15) is 0 Å². The normalized spacial score (nSPS) is 22.8. The van der Waals surface area contributed by atoms with E-state index < -0.39 is 15.9 Å². The van der Waals surface area contributed by atoms with Crippen molar-refractivity contribution in [2.24, 2.45) is 17.4 Å². The Hall–Kier alpha value is -1.15. The van der Waals surface area contributed by atoms with Gasteiger partial charge in [0, 0.05) is 18.2 Å². The molecule has 1 amide bonds. The molecule has 2 rings (SSSR count). The number of carbonyl (C=O) groups is 1. The first-order chi connectivity index (χ1) is 9.36. The van der Waals surface area contributed by atoms with E-state index in [1.54, 1.807) is 0 Å². The zero-order valence-corrected chi connectivity index (χ0v) is 13.4. The first-order valence-corrected chi connectivity index (χ1v) is 7.92. The van der Waals surface area contributed by atoms with Crippen LogP contribution in [0.2, 0.25) is 0 Å². The average molecular weight is 334 g/mol. The van der Waals surface area contributed by atoms with Crippen LogP contribution >= 0.6 is 12.4 Å². The second-order valence-electron chi connectivity index (χ2n) is 5.15. The van der Waals surface area contributed by atoms with Crippen molar-refractivity contribution in [3.8, 4) is 0 Å². The Kier molecular flexibility index (Phi) is 5.75. The van der Waals surface area contributed by atoms with Crippen LogP contribution in [0.5, 0.6) is 0 Å². The van der Waals surface area contributed by atoms with Crippen molar-refractivity contribution >= 4 is 28.3 Å². The van der Waals surface area contributed by atoms with Gasteiger partial charge in [0.15, 0.2) is 0 Å². The number of carbonyl (C=O) groups excluding carboxylic acids is 1. The molecule has 0 aliphatic carbocycles. The van der Waals surface area contributed by atoms with Crippen molar-refractivity contribution < 1.29 is 13.2 Å². The fourth-order valence-electron chi connectivity index (χ4n) is 2.54. The van der Waals surface area contributed by atoms with Crippen LogP contribution in [0, 0.1) is 5.92 Å². The summed E-state index contributed by atoms with van der Waals surface area (Å²) in [5.41, 5.74) is 11.1. The maximum Gasteiger partial charge on any atom is 0.248 e. The van der Waals surface area contributed by atoms with Crippen LogP contribution in [0.25, 0.3) is 0 Å². The molecule has 4 N–H and O–H groups in total. The third-order valence-electron chi connectivity index (χ3n) is 3.68. The minimum Gasteiger partial charge on any atom is -0.366 e. The quantitative estimate of drug-likeness (QED) is 0.839. The van der Waals surface area contributed by atoms with Crippen molar-refractivity contribution in [2.75, 3.05) is 13.1 Å². The van der Waals surface area contributed by atoms with Crippen LogP contribution in [-0.2, 0) is 10.0 Å². The Bertz CT molecular complexity index is 604. The predicted octanol–water partition coefficient (Wildman–Crippen LogP) is 0.565. The predicted molar refractivity (Wildman–Crippen MR) is 82.7 cm³/mol. The molecule has 1 saturated heterocycles. The minimum atomic E-state index is -3.55. The molecule has 0 bridgehead atoms. The van der Waals surface area contributed by atoms with Crippen LogP contribution in [0.4, 0.5) is 0 Å². The number of nitrogens with two attached hydrogens (primary N) is 2. The largest absolute Gasteiger partial charge is 0.366 e. The highest BCUT2D eigenvalue weighted by Crippen LogP contribution is 2.28. The number of halogens is 1. The molecule has 21 heavy (non-hydrogen) atoms. The summed E-state index contributed by atoms with van der Waals surface area (Å²) >= 11 is 0. The number of amides is 1. The summed E-state index contributed by atoms with van der Waals surface area (Å²) in [6.45, 7) is 2.81. The number of hydrogen-bond acceptors (Lipinski definition) is 4. The highest BCUT2D eigenvalue weighted by Gasteiger charge is 2.37. The van der Waals surface area contributed by atoms with Gasteiger partial charge in [0.05, 0.1) is 4.90 Å². The number of rotatable bonds is 4. The summed E-state index contributed by atoms with van der Waals surface area (Å²) in [6.07, 6.45) is 0.773.